The second-order valence-corrected chi connectivity index (χ2v) is 7.26. The van der Waals surface area contributed by atoms with E-state index in [-0.39, 0.29) is 18.2 Å². The fraction of sp³-hybridized carbons (Fsp3) is 0.208. The summed E-state index contributed by atoms with van der Waals surface area (Å²) in [7, 11) is 1.60. The number of para-hydroxylation sites is 1. The number of nitrogens with zero attached hydrogens (tertiary/aromatic N) is 2. The first-order valence-corrected chi connectivity index (χ1v) is 9.82. The SMILES string of the molecule is COc1ccccc1CNC(=O)C[C@@H]1c2ncccc2C(=O)N1c1ccc(C)cc1. The second kappa shape index (κ2) is 8.37. The van der Waals surface area contributed by atoms with Crippen molar-refractivity contribution in [3.8, 4) is 5.75 Å². The van der Waals surface area contributed by atoms with Gasteiger partial charge in [-0.15, -0.1) is 0 Å². The number of pyridine rings is 1. The molecule has 2 aromatic carbocycles. The highest BCUT2D eigenvalue weighted by atomic mass is 16.5. The van der Waals surface area contributed by atoms with Crippen LogP contribution in [-0.2, 0) is 11.3 Å². The van der Waals surface area contributed by atoms with Crippen molar-refractivity contribution in [1.29, 1.82) is 0 Å². The summed E-state index contributed by atoms with van der Waals surface area (Å²) in [5.74, 6) is 0.431. The predicted octanol–water partition coefficient (Wildman–Crippen LogP) is 3.81. The lowest BCUT2D eigenvalue weighted by Gasteiger charge is -2.25. The molecule has 0 saturated carbocycles. The number of hydrogen-bond acceptors (Lipinski definition) is 4. The van der Waals surface area contributed by atoms with Gasteiger partial charge >= 0.3 is 0 Å². The Labute approximate surface area is 175 Å². The Balaban J connectivity index is 1.56. The minimum absolute atomic E-state index is 0.124. The number of benzene rings is 2. The smallest absolute Gasteiger partial charge is 0.260 e. The van der Waals surface area contributed by atoms with Gasteiger partial charge in [-0.25, -0.2) is 0 Å². The quantitative estimate of drug-likeness (QED) is 0.682. The molecular formula is C24H23N3O3. The van der Waals surface area contributed by atoms with Gasteiger partial charge in [0.05, 0.1) is 30.8 Å². The molecule has 0 aliphatic carbocycles. The molecule has 3 aromatic rings. The zero-order chi connectivity index (χ0) is 21.1. The van der Waals surface area contributed by atoms with Gasteiger partial charge in [0.1, 0.15) is 5.75 Å². The summed E-state index contributed by atoms with van der Waals surface area (Å²) in [6.45, 7) is 2.35. The van der Waals surface area contributed by atoms with Crippen LogP contribution in [0.3, 0.4) is 0 Å². The van der Waals surface area contributed by atoms with E-state index in [2.05, 4.69) is 10.3 Å². The first kappa shape index (κ1) is 19.6. The average Bonchev–Trinajstić information content (AvgIpc) is 3.05. The fourth-order valence-electron chi connectivity index (χ4n) is 3.74. The van der Waals surface area contributed by atoms with Crippen LogP contribution in [0.15, 0.2) is 66.9 Å². The van der Waals surface area contributed by atoms with E-state index >= 15 is 0 Å². The van der Waals surface area contributed by atoms with Crippen LogP contribution in [0.2, 0.25) is 0 Å². The van der Waals surface area contributed by atoms with Gasteiger partial charge in [0.25, 0.3) is 5.91 Å². The molecule has 6 nitrogen and oxygen atoms in total. The van der Waals surface area contributed by atoms with Crippen molar-refractivity contribution in [2.45, 2.75) is 25.9 Å². The van der Waals surface area contributed by atoms with Crippen molar-refractivity contribution in [2.24, 2.45) is 0 Å². The van der Waals surface area contributed by atoms with E-state index in [0.29, 0.717) is 17.8 Å². The Bertz CT molecular complexity index is 1080. The molecule has 0 radical (unpaired) electrons. The topological polar surface area (TPSA) is 71.5 Å². The molecule has 1 aliphatic rings. The summed E-state index contributed by atoms with van der Waals surface area (Å²) < 4.78 is 5.34. The molecule has 4 rings (SSSR count). The number of ether oxygens (including phenoxy) is 1. The van der Waals surface area contributed by atoms with Gasteiger partial charge in [-0.1, -0.05) is 35.9 Å². The molecule has 1 aliphatic heterocycles. The maximum atomic E-state index is 13.1. The summed E-state index contributed by atoms with van der Waals surface area (Å²) in [6.07, 6.45) is 1.78. The molecule has 1 aromatic heterocycles. The summed E-state index contributed by atoms with van der Waals surface area (Å²) >= 11 is 0. The lowest BCUT2D eigenvalue weighted by molar-refractivity contribution is -0.121. The predicted molar refractivity (Wildman–Crippen MR) is 114 cm³/mol. The number of anilines is 1. The third-order valence-electron chi connectivity index (χ3n) is 5.27. The standard InChI is InChI=1S/C24H23N3O3/c1-16-9-11-18(12-10-16)27-20(23-19(24(27)29)7-5-13-25-23)14-22(28)26-15-17-6-3-4-8-21(17)30-2/h3-13,20H,14-15H2,1-2H3,(H,26,28)/t20-/m1/s1. The number of nitrogens with one attached hydrogen (secondary N) is 1. The van der Waals surface area contributed by atoms with E-state index in [1.54, 1.807) is 30.3 Å². The number of carbonyl (C=O) groups is 2. The molecular weight excluding hydrogens is 378 g/mol. The molecule has 1 N–H and O–H groups in total. The van der Waals surface area contributed by atoms with E-state index in [1.165, 1.54) is 0 Å². The van der Waals surface area contributed by atoms with Crippen molar-refractivity contribution in [1.82, 2.24) is 10.3 Å². The Hall–Kier alpha value is -3.67. The van der Waals surface area contributed by atoms with Crippen LogP contribution in [0.5, 0.6) is 5.75 Å². The van der Waals surface area contributed by atoms with Crippen LogP contribution in [0.25, 0.3) is 0 Å². The molecule has 30 heavy (non-hydrogen) atoms. The molecule has 152 valence electrons. The Kier molecular flexibility index (Phi) is 5.48. The van der Waals surface area contributed by atoms with Gasteiger partial charge in [0.2, 0.25) is 5.91 Å². The second-order valence-electron chi connectivity index (χ2n) is 7.26. The molecule has 0 fully saturated rings. The van der Waals surface area contributed by atoms with Crippen LogP contribution in [0, 0.1) is 6.92 Å². The van der Waals surface area contributed by atoms with E-state index in [1.807, 2.05) is 55.5 Å². The maximum Gasteiger partial charge on any atom is 0.260 e. The minimum Gasteiger partial charge on any atom is -0.496 e. The molecule has 1 atom stereocenters. The van der Waals surface area contributed by atoms with Gasteiger partial charge < -0.3 is 10.1 Å². The van der Waals surface area contributed by atoms with Gasteiger partial charge in [-0.2, -0.15) is 0 Å². The zero-order valence-electron chi connectivity index (χ0n) is 17.0. The number of aryl methyl sites for hydroxylation is 1. The van der Waals surface area contributed by atoms with E-state index in [4.69, 9.17) is 4.74 Å². The maximum absolute atomic E-state index is 13.1. The Morgan fingerprint density at radius 2 is 1.87 bits per heavy atom. The van der Waals surface area contributed by atoms with Crippen molar-refractivity contribution < 1.29 is 14.3 Å². The van der Waals surface area contributed by atoms with Crippen molar-refractivity contribution in [2.75, 3.05) is 12.0 Å². The monoisotopic (exact) mass is 401 g/mol. The number of methoxy groups -OCH3 is 1. The number of carbonyl (C=O) groups excluding carboxylic acids is 2. The van der Waals surface area contributed by atoms with E-state index in [9.17, 15) is 9.59 Å². The summed E-state index contributed by atoms with van der Waals surface area (Å²) in [6, 6.07) is 18.3. The molecule has 0 spiro atoms. The van der Waals surface area contributed by atoms with Crippen LogP contribution in [-0.4, -0.2) is 23.9 Å². The van der Waals surface area contributed by atoms with Gasteiger partial charge in [-0.3, -0.25) is 19.5 Å². The van der Waals surface area contributed by atoms with Crippen LogP contribution < -0.4 is 15.0 Å². The first-order valence-electron chi connectivity index (χ1n) is 9.82. The Morgan fingerprint density at radius 1 is 1.10 bits per heavy atom. The zero-order valence-corrected chi connectivity index (χ0v) is 17.0. The Morgan fingerprint density at radius 3 is 2.63 bits per heavy atom. The van der Waals surface area contributed by atoms with Gasteiger partial charge in [-0.05, 0) is 37.3 Å². The van der Waals surface area contributed by atoms with Crippen LogP contribution >= 0.6 is 0 Å². The van der Waals surface area contributed by atoms with Gasteiger partial charge in [0, 0.05) is 24.0 Å². The van der Waals surface area contributed by atoms with E-state index < -0.39 is 6.04 Å². The van der Waals surface area contributed by atoms with Crippen molar-refractivity contribution in [3.63, 3.8) is 0 Å². The average molecular weight is 401 g/mol. The first-order chi connectivity index (χ1) is 14.6. The van der Waals surface area contributed by atoms with Crippen molar-refractivity contribution in [3.05, 3.63) is 89.2 Å². The highest BCUT2D eigenvalue weighted by molar-refractivity contribution is 6.11. The lowest BCUT2D eigenvalue weighted by Crippen LogP contribution is -2.33. The van der Waals surface area contributed by atoms with Crippen LogP contribution in [0.4, 0.5) is 5.69 Å². The number of aromatic nitrogens is 1. The molecule has 6 heteroatoms. The molecule has 0 saturated heterocycles. The van der Waals surface area contributed by atoms with E-state index in [0.717, 1.165) is 22.6 Å². The largest absolute Gasteiger partial charge is 0.496 e. The number of hydrogen-bond donors (Lipinski definition) is 1. The number of rotatable bonds is 6. The van der Waals surface area contributed by atoms with Crippen LogP contribution in [0.1, 0.15) is 39.6 Å². The number of amides is 2. The summed E-state index contributed by atoms with van der Waals surface area (Å²) in [4.78, 5) is 32.0. The third-order valence-corrected chi connectivity index (χ3v) is 5.27. The minimum atomic E-state index is -0.450. The third kappa shape index (κ3) is 3.76. The molecule has 0 bridgehead atoms. The summed E-state index contributed by atoms with van der Waals surface area (Å²) in [5, 5.41) is 2.94. The lowest BCUT2D eigenvalue weighted by atomic mass is 10.1. The molecule has 2 amide bonds. The molecule has 2 heterocycles. The van der Waals surface area contributed by atoms with Gasteiger partial charge in [0.15, 0.2) is 0 Å². The highest BCUT2D eigenvalue weighted by Crippen LogP contribution is 2.38. The van der Waals surface area contributed by atoms with Crippen molar-refractivity contribution >= 4 is 17.5 Å². The summed E-state index contributed by atoms with van der Waals surface area (Å²) in [5.41, 5.74) is 3.93. The number of fused-ring (bicyclic) bond motifs is 1. The molecule has 0 unspecified atom stereocenters. The normalized spacial score (nSPS) is 15.1. The highest BCUT2D eigenvalue weighted by Gasteiger charge is 2.39. The fourth-order valence-corrected chi connectivity index (χ4v) is 3.74.